The first kappa shape index (κ1) is 16.8. The first-order valence-corrected chi connectivity index (χ1v) is 9.28. The number of hydrogen-bond acceptors (Lipinski definition) is 6. The highest BCUT2D eigenvalue weighted by Gasteiger charge is 2.27. The fourth-order valence-corrected chi connectivity index (χ4v) is 3.95. The van der Waals surface area contributed by atoms with Gasteiger partial charge in [0.05, 0.1) is 4.90 Å². The third-order valence-electron chi connectivity index (χ3n) is 4.04. The Morgan fingerprint density at radius 1 is 1.04 bits per heavy atom. The molecule has 1 saturated heterocycles. The molecule has 1 aromatic carbocycles. The van der Waals surface area contributed by atoms with Crippen molar-refractivity contribution in [3.05, 3.63) is 48.3 Å². The van der Waals surface area contributed by atoms with E-state index in [9.17, 15) is 8.42 Å². The van der Waals surface area contributed by atoms with Crippen LogP contribution in [0.3, 0.4) is 0 Å². The number of rotatable bonds is 5. The van der Waals surface area contributed by atoms with Gasteiger partial charge in [0.25, 0.3) is 0 Å². The van der Waals surface area contributed by atoms with Crippen molar-refractivity contribution in [3.63, 3.8) is 0 Å². The number of aromatic nitrogens is 2. The maximum absolute atomic E-state index is 12.7. The molecule has 1 aliphatic heterocycles. The zero-order valence-corrected chi connectivity index (χ0v) is 14.4. The van der Waals surface area contributed by atoms with Gasteiger partial charge in [-0.05, 0) is 30.8 Å². The van der Waals surface area contributed by atoms with Crippen LogP contribution in [0.4, 0.5) is 5.95 Å². The third-order valence-corrected chi connectivity index (χ3v) is 5.95. The molecule has 1 aromatic heterocycles. The molecule has 0 saturated carbocycles. The summed E-state index contributed by atoms with van der Waals surface area (Å²) in [5.41, 5.74) is 0.972. The van der Waals surface area contributed by atoms with Crippen LogP contribution in [0.2, 0.25) is 0 Å². The summed E-state index contributed by atoms with van der Waals surface area (Å²) in [5, 5.41) is 3.10. The predicted octanol–water partition coefficient (Wildman–Crippen LogP) is 1.02. The molecular weight excluding hydrogens is 326 g/mol. The summed E-state index contributed by atoms with van der Waals surface area (Å²) >= 11 is 0. The SMILES string of the molecule is CN1CCN(S(=O)(=O)c2ccc(CNc3ncccn3)cc2)CC1. The smallest absolute Gasteiger partial charge is 0.243 e. The average Bonchev–Trinajstić information content (AvgIpc) is 2.61. The van der Waals surface area contributed by atoms with E-state index in [1.54, 1.807) is 34.9 Å². The highest BCUT2D eigenvalue weighted by Crippen LogP contribution is 2.18. The summed E-state index contributed by atoms with van der Waals surface area (Å²) in [6.07, 6.45) is 3.34. The minimum Gasteiger partial charge on any atom is -0.350 e. The molecule has 2 aromatic rings. The van der Waals surface area contributed by atoms with E-state index in [0.29, 0.717) is 30.5 Å². The van der Waals surface area contributed by atoms with Gasteiger partial charge in [-0.2, -0.15) is 4.31 Å². The van der Waals surface area contributed by atoms with Crippen molar-refractivity contribution in [2.75, 3.05) is 38.5 Å². The van der Waals surface area contributed by atoms with E-state index in [1.165, 1.54) is 0 Å². The molecule has 1 fully saturated rings. The van der Waals surface area contributed by atoms with E-state index < -0.39 is 10.0 Å². The molecule has 3 rings (SSSR count). The number of nitrogens with one attached hydrogen (secondary N) is 1. The summed E-state index contributed by atoms with van der Waals surface area (Å²) in [7, 11) is -1.41. The average molecular weight is 347 g/mol. The van der Waals surface area contributed by atoms with Crippen LogP contribution < -0.4 is 5.32 Å². The van der Waals surface area contributed by atoms with Crippen LogP contribution in [-0.4, -0.2) is 60.8 Å². The van der Waals surface area contributed by atoms with E-state index in [-0.39, 0.29) is 0 Å². The van der Waals surface area contributed by atoms with E-state index in [0.717, 1.165) is 18.7 Å². The molecule has 8 heteroatoms. The predicted molar refractivity (Wildman–Crippen MR) is 92.1 cm³/mol. The van der Waals surface area contributed by atoms with E-state index >= 15 is 0 Å². The maximum Gasteiger partial charge on any atom is 0.243 e. The van der Waals surface area contributed by atoms with Gasteiger partial charge >= 0.3 is 0 Å². The number of benzene rings is 1. The van der Waals surface area contributed by atoms with Crippen LogP contribution in [-0.2, 0) is 16.6 Å². The van der Waals surface area contributed by atoms with Crippen molar-refractivity contribution in [2.45, 2.75) is 11.4 Å². The molecule has 128 valence electrons. The standard InChI is InChI=1S/C16H21N5O2S/c1-20-9-11-21(12-10-20)24(22,23)15-5-3-14(4-6-15)13-19-16-17-7-2-8-18-16/h2-8H,9-13H2,1H3,(H,17,18,19). The van der Waals surface area contributed by atoms with Gasteiger partial charge in [-0.25, -0.2) is 18.4 Å². The second kappa shape index (κ2) is 7.25. The van der Waals surface area contributed by atoms with Gasteiger partial charge in [0, 0.05) is 45.1 Å². The summed E-state index contributed by atoms with van der Waals surface area (Å²) in [6, 6.07) is 8.72. The molecule has 0 amide bonds. The molecule has 2 heterocycles. The molecule has 1 aliphatic rings. The number of piperazine rings is 1. The minimum absolute atomic E-state index is 0.340. The largest absolute Gasteiger partial charge is 0.350 e. The van der Waals surface area contributed by atoms with Gasteiger partial charge in [0.15, 0.2) is 0 Å². The highest BCUT2D eigenvalue weighted by atomic mass is 32.2. The number of anilines is 1. The lowest BCUT2D eigenvalue weighted by atomic mass is 10.2. The van der Waals surface area contributed by atoms with Crippen LogP contribution >= 0.6 is 0 Å². The molecule has 1 N–H and O–H groups in total. The molecule has 7 nitrogen and oxygen atoms in total. The van der Waals surface area contributed by atoms with Crippen molar-refractivity contribution in [1.29, 1.82) is 0 Å². The number of sulfonamides is 1. The fraction of sp³-hybridized carbons (Fsp3) is 0.375. The van der Waals surface area contributed by atoms with E-state index in [4.69, 9.17) is 0 Å². The fourth-order valence-electron chi connectivity index (χ4n) is 2.53. The first-order chi connectivity index (χ1) is 11.6. The van der Waals surface area contributed by atoms with Gasteiger partial charge in [-0.15, -0.1) is 0 Å². The zero-order chi connectivity index (χ0) is 17.0. The lowest BCUT2D eigenvalue weighted by Gasteiger charge is -2.31. The van der Waals surface area contributed by atoms with Gasteiger partial charge in [-0.1, -0.05) is 12.1 Å². The van der Waals surface area contributed by atoms with E-state index in [1.807, 2.05) is 19.2 Å². The van der Waals surface area contributed by atoms with Gasteiger partial charge in [0.2, 0.25) is 16.0 Å². The minimum atomic E-state index is -3.41. The van der Waals surface area contributed by atoms with Crippen molar-refractivity contribution in [2.24, 2.45) is 0 Å². The van der Waals surface area contributed by atoms with E-state index in [2.05, 4.69) is 20.2 Å². The second-order valence-corrected chi connectivity index (χ2v) is 7.72. The van der Waals surface area contributed by atoms with Crippen LogP contribution in [0.15, 0.2) is 47.6 Å². The normalized spacial score (nSPS) is 16.9. The molecule has 0 aliphatic carbocycles. The van der Waals surface area contributed by atoms with Gasteiger partial charge < -0.3 is 10.2 Å². The monoisotopic (exact) mass is 347 g/mol. The van der Waals surface area contributed by atoms with Crippen molar-refractivity contribution >= 4 is 16.0 Å². The summed E-state index contributed by atoms with van der Waals surface area (Å²) < 4.78 is 26.9. The Bertz CT molecular complexity index is 757. The summed E-state index contributed by atoms with van der Waals surface area (Å²) in [5.74, 6) is 0.548. The maximum atomic E-state index is 12.7. The zero-order valence-electron chi connectivity index (χ0n) is 13.6. The van der Waals surface area contributed by atoms with Crippen LogP contribution in [0.25, 0.3) is 0 Å². The van der Waals surface area contributed by atoms with Crippen LogP contribution in [0.1, 0.15) is 5.56 Å². The Hall–Kier alpha value is -2.03. The number of likely N-dealkylation sites (N-methyl/N-ethyl adjacent to an activating group) is 1. The van der Waals surface area contributed by atoms with Crippen LogP contribution in [0.5, 0.6) is 0 Å². The first-order valence-electron chi connectivity index (χ1n) is 7.84. The van der Waals surface area contributed by atoms with Crippen molar-refractivity contribution < 1.29 is 8.42 Å². The van der Waals surface area contributed by atoms with Crippen LogP contribution in [0, 0.1) is 0 Å². The molecule has 24 heavy (non-hydrogen) atoms. The van der Waals surface area contributed by atoms with Gasteiger partial charge in [-0.3, -0.25) is 0 Å². The molecule has 0 bridgehead atoms. The third kappa shape index (κ3) is 3.89. The highest BCUT2D eigenvalue weighted by molar-refractivity contribution is 7.89. The number of nitrogens with zero attached hydrogens (tertiary/aromatic N) is 4. The molecule has 0 atom stereocenters. The lowest BCUT2D eigenvalue weighted by Crippen LogP contribution is -2.46. The second-order valence-electron chi connectivity index (χ2n) is 5.78. The number of hydrogen-bond donors (Lipinski definition) is 1. The Balaban J connectivity index is 1.65. The Kier molecular flexibility index (Phi) is 5.08. The topological polar surface area (TPSA) is 78.4 Å². The summed E-state index contributed by atoms with van der Waals surface area (Å²) in [6.45, 7) is 3.14. The summed E-state index contributed by atoms with van der Waals surface area (Å²) in [4.78, 5) is 10.6. The van der Waals surface area contributed by atoms with Gasteiger partial charge in [0.1, 0.15) is 0 Å². The van der Waals surface area contributed by atoms with Crippen molar-refractivity contribution in [1.82, 2.24) is 19.2 Å². The molecular formula is C16H21N5O2S. The Morgan fingerprint density at radius 3 is 2.29 bits per heavy atom. The molecule has 0 unspecified atom stereocenters. The quantitative estimate of drug-likeness (QED) is 0.870. The van der Waals surface area contributed by atoms with Crippen molar-refractivity contribution in [3.8, 4) is 0 Å². The Morgan fingerprint density at radius 2 is 1.67 bits per heavy atom. The lowest BCUT2D eigenvalue weighted by molar-refractivity contribution is 0.222. The Labute approximate surface area is 142 Å². The molecule has 0 spiro atoms. The molecule has 0 radical (unpaired) electrons.